The average molecular weight is 346 g/mol. The molecule has 0 unspecified atom stereocenters. The minimum absolute atomic E-state index is 0.0201. The molecule has 0 bridgehead atoms. The molecule has 3 heterocycles. The summed E-state index contributed by atoms with van der Waals surface area (Å²) in [7, 11) is 0. The number of piperazine rings is 1. The van der Waals surface area contributed by atoms with Crippen LogP contribution in [-0.2, 0) is 16.1 Å². The van der Waals surface area contributed by atoms with E-state index in [2.05, 4.69) is 4.98 Å². The van der Waals surface area contributed by atoms with Gasteiger partial charge in [0.25, 0.3) is 5.56 Å². The topological polar surface area (TPSA) is 75.5 Å². The number of carbonyl (C=O) groups excluding carboxylic acids is 2. The second-order valence-corrected chi connectivity index (χ2v) is 6.55. The van der Waals surface area contributed by atoms with Gasteiger partial charge in [0, 0.05) is 39.2 Å². The molecule has 1 saturated heterocycles. The molecular formula is C16H18N4O3S. The van der Waals surface area contributed by atoms with Gasteiger partial charge in [0.1, 0.15) is 6.54 Å². The van der Waals surface area contributed by atoms with Crippen LogP contribution in [-0.4, -0.2) is 57.3 Å². The van der Waals surface area contributed by atoms with E-state index in [4.69, 9.17) is 0 Å². The summed E-state index contributed by atoms with van der Waals surface area (Å²) in [5.74, 6) is -0.113. The number of carbonyl (C=O) groups is 2. The van der Waals surface area contributed by atoms with E-state index in [-0.39, 0.29) is 23.9 Å². The van der Waals surface area contributed by atoms with Crippen molar-refractivity contribution in [2.75, 3.05) is 26.2 Å². The maximum Gasteiger partial charge on any atom is 0.254 e. The van der Waals surface area contributed by atoms with Crippen LogP contribution in [0.3, 0.4) is 0 Å². The predicted molar refractivity (Wildman–Crippen MR) is 90.6 cm³/mol. The number of nitrogens with zero attached hydrogens (tertiary/aromatic N) is 4. The quantitative estimate of drug-likeness (QED) is 0.818. The second kappa shape index (κ2) is 6.96. The summed E-state index contributed by atoms with van der Waals surface area (Å²) in [5, 5.41) is 1.92. The standard InChI is InChI=1S/C16H18N4O3S/c1-12(21)18-4-6-19(7-5-18)16(23)10-20-11-17-13(9-15(20)22)14-3-2-8-24-14/h2-3,8-9,11H,4-7,10H2,1H3. The van der Waals surface area contributed by atoms with Crippen molar-refractivity contribution in [3.05, 3.63) is 40.3 Å². The van der Waals surface area contributed by atoms with Crippen molar-refractivity contribution >= 4 is 23.2 Å². The van der Waals surface area contributed by atoms with Crippen LogP contribution in [0.1, 0.15) is 6.92 Å². The summed E-state index contributed by atoms with van der Waals surface area (Å²) < 4.78 is 1.32. The Labute approximate surface area is 143 Å². The summed E-state index contributed by atoms with van der Waals surface area (Å²) in [6.45, 7) is 3.55. The number of rotatable bonds is 3. The molecule has 126 valence electrons. The van der Waals surface area contributed by atoms with Gasteiger partial charge in [0.2, 0.25) is 11.8 Å². The third kappa shape index (κ3) is 3.53. The Hall–Kier alpha value is -2.48. The lowest BCUT2D eigenvalue weighted by atomic mass is 10.3. The van der Waals surface area contributed by atoms with Crippen LogP contribution in [0.4, 0.5) is 0 Å². The Morgan fingerprint density at radius 1 is 1.21 bits per heavy atom. The highest BCUT2D eigenvalue weighted by Crippen LogP contribution is 2.20. The van der Waals surface area contributed by atoms with Gasteiger partial charge in [-0.25, -0.2) is 4.98 Å². The summed E-state index contributed by atoms with van der Waals surface area (Å²) in [5.41, 5.74) is 0.373. The van der Waals surface area contributed by atoms with Crippen LogP contribution in [0.2, 0.25) is 0 Å². The molecule has 0 spiro atoms. The Balaban J connectivity index is 1.65. The smallest absolute Gasteiger partial charge is 0.254 e. The summed E-state index contributed by atoms with van der Waals surface area (Å²) in [6.07, 6.45) is 1.42. The Bertz CT molecular complexity index is 792. The van der Waals surface area contributed by atoms with Gasteiger partial charge in [-0.15, -0.1) is 11.3 Å². The fraction of sp³-hybridized carbons (Fsp3) is 0.375. The van der Waals surface area contributed by atoms with E-state index < -0.39 is 0 Å². The van der Waals surface area contributed by atoms with Crippen molar-refractivity contribution in [1.82, 2.24) is 19.4 Å². The van der Waals surface area contributed by atoms with E-state index in [1.807, 2.05) is 17.5 Å². The maximum atomic E-state index is 12.3. The minimum Gasteiger partial charge on any atom is -0.339 e. The third-order valence-corrected chi connectivity index (χ3v) is 4.93. The molecule has 24 heavy (non-hydrogen) atoms. The van der Waals surface area contributed by atoms with Crippen LogP contribution in [0.25, 0.3) is 10.6 Å². The molecule has 2 aromatic heterocycles. The highest BCUT2D eigenvalue weighted by atomic mass is 32.1. The third-order valence-electron chi connectivity index (χ3n) is 4.04. The molecule has 0 aliphatic carbocycles. The van der Waals surface area contributed by atoms with Gasteiger partial charge in [-0.3, -0.25) is 19.0 Å². The van der Waals surface area contributed by atoms with Crippen molar-refractivity contribution in [1.29, 1.82) is 0 Å². The first-order valence-corrected chi connectivity index (χ1v) is 8.56. The normalized spacial score (nSPS) is 14.7. The number of hydrogen-bond acceptors (Lipinski definition) is 5. The van der Waals surface area contributed by atoms with Gasteiger partial charge < -0.3 is 9.80 Å². The zero-order valence-corrected chi connectivity index (χ0v) is 14.2. The van der Waals surface area contributed by atoms with Gasteiger partial charge in [-0.1, -0.05) is 6.07 Å². The predicted octanol–water partition coefficient (Wildman–Crippen LogP) is 0.663. The summed E-state index contributed by atoms with van der Waals surface area (Å²) in [4.78, 5) is 44.4. The zero-order chi connectivity index (χ0) is 17.1. The lowest BCUT2D eigenvalue weighted by Gasteiger charge is -2.34. The monoisotopic (exact) mass is 346 g/mol. The fourth-order valence-corrected chi connectivity index (χ4v) is 3.31. The van der Waals surface area contributed by atoms with Gasteiger partial charge in [-0.05, 0) is 11.4 Å². The summed E-state index contributed by atoms with van der Waals surface area (Å²) in [6, 6.07) is 5.25. The Kier molecular flexibility index (Phi) is 4.75. The van der Waals surface area contributed by atoms with Crippen molar-refractivity contribution < 1.29 is 9.59 Å². The van der Waals surface area contributed by atoms with Crippen molar-refractivity contribution in [3.8, 4) is 10.6 Å². The van der Waals surface area contributed by atoms with Crippen molar-refractivity contribution in [2.24, 2.45) is 0 Å². The molecule has 2 aromatic rings. The van der Waals surface area contributed by atoms with Crippen molar-refractivity contribution in [2.45, 2.75) is 13.5 Å². The fourth-order valence-electron chi connectivity index (χ4n) is 2.62. The molecule has 1 aliphatic rings. The van der Waals surface area contributed by atoms with E-state index in [0.29, 0.717) is 31.9 Å². The summed E-state index contributed by atoms with van der Waals surface area (Å²) >= 11 is 1.51. The zero-order valence-electron chi connectivity index (χ0n) is 13.3. The molecule has 0 radical (unpaired) electrons. The van der Waals surface area contributed by atoms with E-state index in [0.717, 1.165) is 4.88 Å². The van der Waals surface area contributed by atoms with Gasteiger partial charge >= 0.3 is 0 Å². The maximum absolute atomic E-state index is 12.3. The molecule has 0 atom stereocenters. The molecule has 0 aromatic carbocycles. The molecule has 0 saturated carbocycles. The van der Waals surface area contributed by atoms with Crippen LogP contribution in [0, 0.1) is 0 Å². The molecule has 1 fully saturated rings. The SMILES string of the molecule is CC(=O)N1CCN(C(=O)Cn2cnc(-c3cccs3)cc2=O)CC1. The van der Waals surface area contributed by atoms with Crippen molar-refractivity contribution in [3.63, 3.8) is 0 Å². The first-order chi connectivity index (χ1) is 11.5. The number of thiophene rings is 1. The van der Waals surface area contributed by atoms with E-state index in [1.54, 1.807) is 9.80 Å². The first kappa shape index (κ1) is 16.4. The molecule has 3 rings (SSSR count). The highest BCUT2D eigenvalue weighted by molar-refractivity contribution is 7.13. The lowest BCUT2D eigenvalue weighted by Crippen LogP contribution is -2.51. The first-order valence-electron chi connectivity index (χ1n) is 7.68. The largest absolute Gasteiger partial charge is 0.339 e. The van der Waals surface area contributed by atoms with Gasteiger partial charge in [0.05, 0.1) is 16.9 Å². The second-order valence-electron chi connectivity index (χ2n) is 5.60. The highest BCUT2D eigenvalue weighted by Gasteiger charge is 2.22. The molecule has 8 heteroatoms. The average Bonchev–Trinajstić information content (AvgIpc) is 3.11. The Morgan fingerprint density at radius 2 is 1.92 bits per heavy atom. The van der Waals surface area contributed by atoms with E-state index >= 15 is 0 Å². The molecule has 0 N–H and O–H groups in total. The molecular weight excluding hydrogens is 328 g/mol. The Morgan fingerprint density at radius 3 is 2.50 bits per heavy atom. The van der Waals surface area contributed by atoms with Crippen LogP contribution < -0.4 is 5.56 Å². The van der Waals surface area contributed by atoms with Crippen LogP contribution in [0.15, 0.2) is 34.7 Å². The van der Waals surface area contributed by atoms with Gasteiger partial charge in [-0.2, -0.15) is 0 Å². The number of aromatic nitrogens is 2. The minimum atomic E-state index is -0.246. The van der Waals surface area contributed by atoms with Gasteiger partial charge in [0.15, 0.2) is 0 Å². The molecule has 2 amide bonds. The number of amides is 2. The molecule has 1 aliphatic heterocycles. The van der Waals surface area contributed by atoms with Crippen LogP contribution in [0.5, 0.6) is 0 Å². The molecule has 7 nitrogen and oxygen atoms in total. The lowest BCUT2D eigenvalue weighted by molar-refractivity contribution is -0.138. The van der Waals surface area contributed by atoms with E-state index in [1.165, 1.54) is 35.2 Å². The number of hydrogen-bond donors (Lipinski definition) is 0. The van der Waals surface area contributed by atoms with E-state index in [9.17, 15) is 14.4 Å². The van der Waals surface area contributed by atoms with Crippen LogP contribution >= 0.6 is 11.3 Å².